The monoisotopic (exact) mass is 217 g/mol. The number of carbonyl (C=O) groups excluding carboxylic acids is 1. The average molecular weight is 217 g/mol. The summed E-state index contributed by atoms with van der Waals surface area (Å²) in [6.07, 6.45) is 3.21. The molecule has 2 rings (SSSR count). The molecule has 0 saturated heterocycles. The van der Waals surface area contributed by atoms with E-state index in [0.717, 1.165) is 19.3 Å². The lowest BCUT2D eigenvalue weighted by atomic mass is 9.82. The van der Waals surface area contributed by atoms with Gasteiger partial charge in [-0.1, -0.05) is 24.3 Å². The summed E-state index contributed by atoms with van der Waals surface area (Å²) in [5.41, 5.74) is 2.57. The minimum absolute atomic E-state index is 0.0624. The normalized spacial score (nSPS) is 19.3. The Labute approximate surface area is 97.1 Å². The summed E-state index contributed by atoms with van der Waals surface area (Å²) in [4.78, 5) is 12.1. The van der Waals surface area contributed by atoms with Gasteiger partial charge in [0.25, 0.3) is 0 Å². The van der Waals surface area contributed by atoms with Gasteiger partial charge in [-0.05, 0) is 44.2 Å². The number of hydrogen-bond acceptors (Lipinski definition) is 1. The second kappa shape index (κ2) is 4.69. The second-order valence-corrected chi connectivity index (χ2v) is 4.81. The Morgan fingerprint density at radius 2 is 2.12 bits per heavy atom. The highest BCUT2D eigenvalue weighted by atomic mass is 16.1. The van der Waals surface area contributed by atoms with Crippen molar-refractivity contribution in [1.29, 1.82) is 0 Å². The third-order valence-corrected chi connectivity index (χ3v) is 3.12. The van der Waals surface area contributed by atoms with Gasteiger partial charge in [0.2, 0.25) is 5.91 Å². The number of benzene rings is 1. The molecule has 0 fully saturated rings. The number of aryl methyl sites for hydroxylation is 1. The molecule has 0 radical (unpaired) electrons. The summed E-state index contributed by atoms with van der Waals surface area (Å²) >= 11 is 0. The third kappa shape index (κ3) is 2.26. The molecule has 0 spiro atoms. The van der Waals surface area contributed by atoms with Gasteiger partial charge in [0.15, 0.2) is 0 Å². The molecule has 0 aliphatic heterocycles. The lowest BCUT2D eigenvalue weighted by Gasteiger charge is -2.25. The Morgan fingerprint density at radius 3 is 2.88 bits per heavy atom. The fourth-order valence-electron chi connectivity index (χ4n) is 2.41. The van der Waals surface area contributed by atoms with E-state index in [0.29, 0.717) is 0 Å². The summed E-state index contributed by atoms with van der Waals surface area (Å²) < 4.78 is 0. The third-order valence-electron chi connectivity index (χ3n) is 3.12. The Hall–Kier alpha value is -1.31. The summed E-state index contributed by atoms with van der Waals surface area (Å²) in [7, 11) is 0. The van der Waals surface area contributed by atoms with Gasteiger partial charge in [-0.15, -0.1) is 0 Å². The molecular weight excluding hydrogens is 198 g/mol. The Bertz CT molecular complexity index is 384. The maximum Gasteiger partial charge on any atom is 0.227 e. The molecule has 1 amide bonds. The largest absolute Gasteiger partial charge is 0.353 e. The molecule has 1 unspecified atom stereocenters. The van der Waals surface area contributed by atoms with Crippen LogP contribution in [-0.4, -0.2) is 11.9 Å². The zero-order chi connectivity index (χ0) is 11.5. The number of carbonyl (C=O) groups is 1. The van der Waals surface area contributed by atoms with Crippen molar-refractivity contribution in [3.05, 3.63) is 35.4 Å². The van der Waals surface area contributed by atoms with Crippen molar-refractivity contribution in [2.75, 3.05) is 0 Å². The molecule has 0 heterocycles. The topological polar surface area (TPSA) is 29.1 Å². The van der Waals surface area contributed by atoms with Crippen LogP contribution in [-0.2, 0) is 11.2 Å². The van der Waals surface area contributed by atoms with Crippen LogP contribution in [0.15, 0.2) is 24.3 Å². The van der Waals surface area contributed by atoms with Crippen LogP contribution < -0.4 is 5.32 Å². The summed E-state index contributed by atoms with van der Waals surface area (Å²) in [6, 6.07) is 8.55. The fourth-order valence-corrected chi connectivity index (χ4v) is 2.41. The minimum Gasteiger partial charge on any atom is -0.353 e. The zero-order valence-electron chi connectivity index (χ0n) is 9.99. The summed E-state index contributed by atoms with van der Waals surface area (Å²) in [6.45, 7) is 4.01. The first-order valence-corrected chi connectivity index (χ1v) is 6.06. The Kier molecular flexibility index (Phi) is 3.28. The quantitative estimate of drug-likeness (QED) is 0.810. The molecule has 1 N–H and O–H groups in total. The van der Waals surface area contributed by atoms with Crippen LogP contribution in [0.5, 0.6) is 0 Å². The number of fused-ring (bicyclic) bond motifs is 1. The van der Waals surface area contributed by atoms with Crippen molar-refractivity contribution in [2.24, 2.45) is 0 Å². The first kappa shape index (κ1) is 11.2. The molecule has 1 atom stereocenters. The van der Waals surface area contributed by atoms with Gasteiger partial charge >= 0.3 is 0 Å². The molecule has 86 valence electrons. The van der Waals surface area contributed by atoms with Crippen molar-refractivity contribution in [2.45, 2.75) is 45.1 Å². The second-order valence-electron chi connectivity index (χ2n) is 4.81. The van der Waals surface area contributed by atoms with E-state index in [2.05, 4.69) is 23.5 Å². The van der Waals surface area contributed by atoms with Crippen LogP contribution in [0, 0.1) is 0 Å². The number of nitrogens with one attached hydrogen (secondary N) is 1. The molecule has 0 aromatic heterocycles. The van der Waals surface area contributed by atoms with Crippen LogP contribution in [0.1, 0.15) is 43.7 Å². The molecule has 16 heavy (non-hydrogen) atoms. The van der Waals surface area contributed by atoms with Crippen molar-refractivity contribution >= 4 is 5.91 Å². The van der Waals surface area contributed by atoms with Gasteiger partial charge in [-0.2, -0.15) is 0 Å². The summed E-state index contributed by atoms with van der Waals surface area (Å²) in [5.74, 6) is 0.245. The van der Waals surface area contributed by atoms with Crippen LogP contribution in [0.25, 0.3) is 0 Å². The van der Waals surface area contributed by atoms with E-state index in [1.54, 1.807) is 0 Å². The highest BCUT2D eigenvalue weighted by molar-refractivity contribution is 5.84. The van der Waals surface area contributed by atoms with Gasteiger partial charge in [0.05, 0.1) is 5.92 Å². The lowest BCUT2D eigenvalue weighted by Crippen LogP contribution is -2.35. The van der Waals surface area contributed by atoms with Crippen LogP contribution >= 0.6 is 0 Å². The first-order chi connectivity index (χ1) is 7.68. The number of amides is 1. The molecule has 1 aromatic carbocycles. The van der Waals surface area contributed by atoms with Gasteiger partial charge in [0, 0.05) is 6.04 Å². The highest BCUT2D eigenvalue weighted by Crippen LogP contribution is 2.31. The van der Waals surface area contributed by atoms with E-state index >= 15 is 0 Å². The van der Waals surface area contributed by atoms with E-state index in [4.69, 9.17) is 0 Å². The van der Waals surface area contributed by atoms with Crippen molar-refractivity contribution in [1.82, 2.24) is 5.32 Å². The maximum absolute atomic E-state index is 12.1. The van der Waals surface area contributed by atoms with Gasteiger partial charge in [-0.3, -0.25) is 4.79 Å². The lowest BCUT2D eigenvalue weighted by molar-refractivity contribution is -0.123. The SMILES string of the molecule is CC(C)NC(=O)C1CCCc2ccccc21. The molecular formula is C14H19NO. The smallest absolute Gasteiger partial charge is 0.227 e. The van der Waals surface area contributed by atoms with Crippen LogP contribution in [0.4, 0.5) is 0 Å². The molecule has 1 aliphatic carbocycles. The average Bonchev–Trinajstić information content (AvgIpc) is 2.27. The standard InChI is InChI=1S/C14H19NO/c1-10(2)15-14(16)13-9-5-7-11-6-3-4-8-12(11)13/h3-4,6,8,10,13H,5,7,9H2,1-2H3,(H,15,16). The molecule has 1 aromatic rings. The maximum atomic E-state index is 12.1. The van der Waals surface area contributed by atoms with E-state index in [1.165, 1.54) is 11.1 Å². The molecule has 2 nitrogen and oxygen atoms in total. The highest BCUT2D eigenvalue weighted by Gasteiger charge is 2.26. The predicted octanol–water partition coefficient (Wildman–Crippen LogP) is 2.63. The van der Waals surface area contributed by atoms with Crippen LogP contribution in [0.3, 0.4) is 0 Å². The van der Waals surface area contributed by atoms with Crippen molar-refractivity contribution in [3.63, 3.8) is 0 Å². The Morgan fingerprint density at radius 1 is 1.38 bits per heavy atom. The van der Waals surface area contributed by atoms with Gasteiger partial charge in [-0.25, -0.2) is 0 Å². The van der Waals surface area contributed by atoms with Gasteiger partial charge in [0.1, 0.15) is 0 Å². The summed E-state index contributed by atoms with van der Waals surface area (Å²) in [5, 5.41) is 3.01. The van der Waals surface area contributed by atoms with E-state index in [-0.39, 0.29) is 17.9 Å². The van der Waals surface area contributed by atoms with E-state index < -0.39 is 0 Å². The number of rotatable bonds is 2. The van der Waals surface area contributed by atoms with E-state index in [9.17, 15) is 4.79 Å². The van der Waals surface area contributed by atoms with E-state index in [1.807, 2.05) is 19.9 Å². The zero-order valence-corrected chi connectivity index (χ0v) is 9.99. The molecule has 0 bridgehead atoms. The fraction of sp³-hybridized carbons (Fsp3) is 0.500. The van der Waals surface area contributed by atoms with Crippen LogP contribution in [0.2, 0.25) is 0 Å². The molecule has 1 aliphatic rings. The molecule has 0 saturated carbocycles. The van der Waals surface area contributed by atoms with Gasteiger partial charge < -0.3 is 5.32 Å². The predicted molar refractivity (Wildman–Crippen MR) is 65.4 cm³/mol. The Balaban J connectivity index is 2.21. The van der Waals surface area contributed by atoms with Crippen molar-refractivity contribution in [3.8, 4) is 0 Å². The minimum atomic E-state index is 0.0624. The number of hydrogen-bond donors (Lipinski definition) is 1. The first-order valence-electron chi connectivity index (χ1n) is 6.06. The van der Waals surface area contributed by atoms with Crippen molar-refractivity contribution < 1.29 is 4.79 Å². The molecule has 2 heteroatoms.